The van der Waals surface area contributed by atoms with E-state index in [1.54, 1.807) is 24.3 Å². The van der Waals surface area contributed by atoms with Crippen LogP contribution in [0.15, 0.2) is 54.6 Å². The summed E-state index contributed by atoms with van der Waals surface area (Å²) in [5.41, 5.74) is 5.79. The molecule has 1 heterocycles. The van der Waals surface area contributed by atoms with Gasteiger partial charge in [-0.3, -0.25) is 0 Å². The monoisotopic (exact) mass is 396 g/mol. The minimum Gasteiger partial charge on any atom is -0.477 e. The molecule has 29 heavy (non-hydrogen) atoms. The Morgan fingerprint density at radius 1 is 1.14 bits per heavy atom. The molecule has 4 N–H and O–H groups in total. The Balaban J connectivity index is 1.86. The van der Waals surface area contributed by atoms with Crippen molar-refractivity contribution in [3.63, 3.8) is 0 Å². The molecule has 148 valence electrons. The summed E-state index contributed by atoms with van der Waals surface area (Å²) in [6, 6.07) is 12.7. The summed E-state index contributed by atoms with van der Waals surface area (Å²) in [7, 11) is 0. The van der Waals surface area contributed by atoms with E-state index in [-0.39, 0.29) is 29.7 Å². The molecule has 0 unspecified atom stereocenters. The normalized spacial score (nSPS) is 11.5. The first kappa shape index (κ1) is 19.9. The van der Waals surface area contributed by atoms with Crippen LogP contribution in [0.1, 0.15) is 10.5 Å². The SMILES string of the molecule is NC[C@@H](C=O)Nc1cc(C(=O)O)nc(-c2ccc(Oc3ccc(F)cc3)cc2)n1. The Labute approximate surface area is 165 Å². The predicted octanol–water partition coefficient (Wildman–Crippen LogP) is 2.71. The number of aromatic nitrogens is 2. The number of aldehydes is 1. The van der Waals surface area contributed by atoms with Crippen molar-refractivity contribution in [1.29, 1.82) is 0 Å². The predicted molar refractivity (Wildman–Crippen MR) is 103 cm³/mol. The second-order valence-electron chi connectivity index (χ2n) is 5.97. The number of carboxylic acids is 1. The lowest BCUT2D eigenvalue weighted by Crippen LogP contribution is -2.30. The van der Waals surface area contributed by atoms with Gasteiger partial charge in [0.05, 0.1) is 6.04 Å². The van der Waals surface area contributed by atoms with Crippen molar-refractivity contribution in [2.45, 2.75) is 6.04 Å². The van der Waals surface area contributed by atoms with E-state index in [0.29, 0.717) is 23.3 Å². The highest BCUT2D eigenvalue weighted by Gasteiger charge is 2.14. The third kappa shape index (κ3) is 5.11. The van der Waals surface area contributed by atoms with Crippen LogP contribution < -0.4 is 15.8 Å². The highest BCUT2D eigenvalue weighted by Crippen LogP contribution is 2.25. The van der Waals surface area contributed by atoms with Crippen molar-refractivity contribution in [2.75, 3.05) is 11.9 Å². The second kappa shape index (κ2) is 8.89. The summed E-state index contributed by atoms with van der Waals surface area (Å²) < 4.78 is 18.6. The zero-order chi connectivity index (χ0) is 20.8. The molecule has 1 atom stereocenters. The van der Waals surface area contributed by atoms with E-state index in [9.17, 15) is 19.1 Å². The Morgan fingerprint density at radius 2 is 1.76 bits per heavy atom. The smallest absolute Gasteiger partial charge is 0.354 e. The zero-order valence-electron chi connectivity index (χ0n) is 15.1. The number of hydrogen-bond donors (Lipinski definition) is 3. The topological polar surface area (TPSA) is 127 Å². The second-order valence-corrected chi connectivity index (χ2v) is 5.97. The first-order valence-corrected chi connectivity index (χ1v) is 8.56. The molecular weight excluding hydrogens is 379 g/mol. The maximum atomic E-state index is 13.0. The van der Waals surface area contributed by atoms with Crippen LogP contribution in [0, 0.1) is 5.82 Å². The van der Waals surface area contributed by atoms with Gasteiger partial charge in [-0.1, -0.05) is 0 Å². The maximum Gasteiger partial charge on any atom is 0.354 e. The molecule has 0 spiro atoms. The summed E-state index contributed by atoms with van der Waals surface area (Å²) in [5.74, 6) is -0.305. The summed E-state index contributed by atoms with van der Waals surface area (Å²) in [6.45, 7) is 0.0284. The highest BCUT2D eigenvalue weighted by molar-refractivity contribution is 5.87. The van der Waals surface area contributed by atoms with Crippen LogP contribution in [-0.4, -0.2) is 39.9 Å². The Bertz CT molecular complexity index is 1010. The van der Waals surface area contributed by atoms with Crippen molar-refractivity contribution in [2.24, 2.45) is 5.73 Å². The number of nitrogens with zero attached hydrogens (tertiary/aromatic N) is 2. The summed E-state index contributed by atoms with van der Waals surface area (Å²) in [5, 5.41) is 12.1. The number of carbonyl (C=O) groups excluding carboxylic acids is 1. The molecule has 1 aromatic heterocycles. The van der Waals surface area contributed by atoms with Gasteiger partial charge in [0.25, 0.3) is 0 Å². The van der Waals surface area contributed by atoms with Gasteiger partial charge < -0.3 is 25.7 Å². The lowest BCUT2D eigenvalue weighted by Gasteiger charge is -2.13. The molecule has 8 nitrogen and oxygen atoms in total. The van der Waals surface area contributed by atoms with Crippen LogP contribution in [-0.2, 0) is 4.79 Å². The quantitative estimate of drug-likeness (QED) is 0.496. The molecule has 3 aromatic rings. The number of rotatable bonds is 8. The van der Waals surface area contributed by atoms with Gasteiger partial charge in [0.1, 0.15) is 29.4 Å². The molecule has 9 heteroatoms. The molecule has 2 aromatic carbocycles. The number of anilines is 1. The van der Waals surface area contributed by atoms with Gasteiger partial charge in [0, 0.05) is 18.2 Å². The molecule has 0 bridgehead atoms. The number of nitrogens with two attached hydrogens (primary N) is 1. The molecule has 0 fully saturated rings. The van der Waals surface area contributed by atoms with Gasteiger partial charge in [0.15, 0.2) is 11.5 Å². The number of carboxylic acid groups (broad SMARTS) is 1. The van der Waals surface area contributed by atoms with Gasteiger partial charge in [0.2, 0.25) is 0 Å². The molecule has 3 rings (SSSR count). The van der Waals surface area contributed by atoms with Crippen molar-refractivity contribution in [3.05, 3.63) is 66.1 Å². The number of nitrogens with one attached hydrogen (secondary N) is 1. The Hall–Kier alpha value is -3.85. The Morgan fingerprint density at radius 3 is 2.31 bits per heavy atom. The number of carbonyl (C=O) groups is 2. The van der Waals surface area contributed by atoms with Gasteiger partial charge >= 0.3 is 5.97 Å². The fourth-order valence-electron chi connectivity index (χ4n) is 2.41. The molecule has 0 amide bonds. The van der Waals surface area contributed by atoms with Gasteiger partial charge in [-0.25, -0.2) is 19.2 Å². The maximum absolute atomic E-state index is 13.0. The van der Waals surface area contributed by atoms with Crippen LogP contribution in [0.5, 0.6) is 11.5 Å². The average molecular weight is 396 g/mol. The summed E-state index contributed by atoms with van der Waals surface area (Å²) >= 11 is 0. The third-order valence-electron chi connectivity index (χ3n) is 3.86. The van der Waals surface area contributed by atoms with Crippen molar-refractivity contribution in [3.8, 4) is 22.9 Å². The lowest BCUT2D eigenvalue weighted by molar-refractivity contribution is -0.108. The summed E-state index contributed by atoms with van der Waals surface area (Å²) in [6.07, 6.45) is 0.615. The summed E-state index contributed by atoms with van der Waals surface area (Å²) in [4.78, 5) is 30.7. The first-order chi connectivity index (χ1) is 14.0. The standard InChI is InChI=1S/C20H17FN4O4/c21-13-3-7-16(8-4-13)29-15-5-1-12(2-6-15)19-24-17(20(27)28)9-18(25-19)23-14(10-22)11-26/h1-9,11,14H,10,22H2,(H,27,28)(H,23,24,25)/t14-/m0/s1. The van der Waals surface area contributed by atoms with E-state index in [2.05, 4.69) is 15.3 Å². The molecule has 0 aliphatic rings. The highest BCUT2D eigenvalue weighted by atomic mass is 19.1. The number of hydrogen-bond acceptors (Lipinski definition) is 7. The number of ether oxygens (including phenoxy) is 1. The number of benzene rings is 2. The zero-order valence-corrected chi connectivity index (χ0v) is 15.1. The van der Waals surface area contributed by atoms with E-state index >= 15 is 0 Å². The van der Waals surface area contributed by atoms with Crippen LogP contribution in [0.3, 0.4) is 0 Å². The van der Waals surface area contributed by atoms with Crippen molar-refractivity contribution >= 4 is 18.1 Å². The van der Waals surface area contributed by atoms with Crippen molar-refractivity contribution < 1.29 is 23.8 Å². The fraction of sp³-hybridized carbons (Fsp3) is 0.100. The van der Waals surface area contributed by atoms with Crippen LogP contribution >= 0.6 is 0 Å². The van der Waals surface area contributed by atoms with E-state index in [4.69, 9.17) is 10.5 Å². The van der Waals surface area contributed by atoms with Crippen molar-refractivity contribution in [1.82, 2.24) is 9.97 Å². The average Bonchev–Trinajstić information content (AvgIpc) is 2.74. The third-order valence-corrected chi connectivity index (χ3v) is 3.86. The number of aromatic carboxylic acids is 1. The van der Waals surface area contributed by atoms with E-state index in [1.807, 2.05) is 0 Å². The minimum absolute atomic E-state index is 0.0284. The molecule has 0 saturated heterocycles. The fourth-order valence-corrected chi connectivity index (χ4v) is 2.41. The molecule has 0 aliphatic carbocycles. The van der Waals surface area contributed by atoms with Gasteiger partial charge in [-0.15, -0.1) is 0 Å². The molecule has 0 saturated carbocycles. The van der Waals surface area contributed by atoms with E-state index < -0.39 is 12.0 Å². The largest absolute Gasteiger partial charge is 0.477 e. The minimum atomic E-state index is -1.23. The van der Waals surface area contributed by atoms with Gasteiger partial charge in [-0.2, -0.15) is 0 Å². The molecular formula is C20H17FN4O4. The first-order valence-electron chi connectivity index (χ1n) is 8.56. The van der Waals surface area contributed by atoms with E-state index in [0.717, 1.165) is 0 Å². The lowest BCUT2D eigenvalue weighted by atomic mass is 10.2. The van der Waals surface area contributed by atoms with E-state index in [1.165, 1.54) is 30.3 Å². The van der Waals surface area contributed by atoms with Crippen LogP contribution in [0.4, 0.5) is 10.2 Å². The van der Waals surface area contributed by atoms with Crippen LogP contribution in [0.2, 0.25) is 0 Å². The number of halogens is 1. The van der Waals surface area contributed by atoms with Crippen LogP contribution in [0.25, 0.3) is 11.4 Å². The Kier molecular flexibility index (Phi) is 6.10. The molecule has 0 radical (unpaired) electrons. The van der Waals surface area contributed by atoms with Gasteiger partial charge in [-0.05, 0) is 48.5 Å². The molecule has 0 aliphatic heterocycles.